The van der Waals surface area contributed by atoms with Gasteiger partial charge < -0.3 is 35.4 Å². The highest BCUT2D eigenvalue weighted by atomic mass is 16.5. The van der Waals surface area contributed by atoms with E-state index in [4.69, 9.17) is 35.4 Å². The zero-order valence-corrected chi connectivity index (χ0v) is 41.0. The van der Waals surface area contributed by atoms with Gasteiger partial charge in [0.05, 0.1) is 6.61 Å². The minimum atomic E-state index is -1.26. The first-order chi connectivity index (χ1) is 31.8. The van der Waals surface area contributed by atoms with E-state index >= 15 is 0 Å². The second-order valence-electron chi connectivity index (χ2n) is 17.5. The van der Waals surface area contributed by atoms with Gasteiger partial charge in [0.2, 0.25) is 0 Å². The Hall–Kier alpha value is -3.81. The molecule has 0 aromatic heterocycles. The smallest absolute Gasteiger partial charge is 0.328 e. The van der Waals surface area contributed by atoms with E-state index in [0.29, 0.717) is 44.0 Å². The lowest BCUT2D eigenvalue weighted by atomic mass is 10.0. The fraction of sp³-hybridized carbons (Fsp3) is 0.827. The second kappa shape index (κ2) is 55.5. The van der Waals surface area contributed by atoms with E-state index < -0.39 is 29.8 Å². The van der Waals surface area contributed by atoms with Crippen molar-refractivity contribution in [1.29, 1.82) is 0 Å². The molecule has 1 heterocycles. The maximum absolute atomic E-state index is 11.3. The van der Waals surface area contributed by atoms with Crippen molar-refractivity contribution in [2.24, 2.45) is 0 Å². The molecule has 66 heavy (non-hydrogen) atoms. The number of carbonyl (C=O) groups excluding carboxylic acids is 2. The molecule has 0 spiro atoms. The first-order valence-corrected chi connectivity index (χ1v) is 25.9. The van der Waals surface area contributed by atoms with Gasteiger partial charge >= 0.3 is 35.8 Å². The summed E-state index contributed by atoms with van der Waals surface area (Å²) in [6.07, 6.45) is 45.1. The molecule has 2 fully saturated rings. The number of esters is 1. The number of aliphatic hydroxyl groups excluding tert-OH is 1. The van der Waals surface area contributed by atoms with Gasteiger partial charge in [-0.25, -0.2) is 9.59 Å². The van der Waals surface area contributed by atoms with Crippen molar-refractivity contribution in [2.75, 3.05) is 13.2 Å². The SMILES string of the molecule is O=C(O)/C=C\C(=O)O.O=C(O)CCCCCCCCCCC(=O)O.O=C(O)CCCCCCCCCCCO.O=C1CCCCCCCCCCC1.O=C1CCCCCCCCCCCO1. The van der Waals surface area contributed by atoms with E-state index in [0.717, 1.165) is 122 Å². The molecular weight excluding hydrogens is 849 g/mol. The molecule has 0 bridgehead atoms. The molecule has 1 aliphatic carbocycles. The maximum Gasteiger partial charge on any atom is 0.328 e. The molecule has 14 nitrogen and oxygen atoms in total. The fourth-order valence-electron chi connectivity index (χ4n) is 7.25. The van der Waals surface area contributed by atoms with E-state index in [1.54, 1.807) is 0 Å². The number of carboxylic acids is 5. The van der Waals surface area contributed by atoms with Crippen molar-refractivity contribution in [2.45, 2.75) is 263 Å². The number of carboxylic acid groups (broad SMARTS) is 5. The Balaban J connectivity index is -0.000000762. The van der Waals surface area contributed by atoms with E-state index in [9.17, 15) is 33.6 Å². The Labute approximate surface area is 398 Å². The molecule has 1 aliphatic heterocycles. The van der Waals surface area contributed by atoms with Crippen LogP contribution < -0.4 is 0 Å². The molecule has 1 saturated heterocycles. The summed E-state index contributed by atoms with van der Waals surface area (Å²) in [6, 6.07) is 0. The zero-order valence-electron chi connectivity index (χ0n) is 41.0. The summed E-state index contributed by atoms with van der Waals surface area (Å²) >= 11 is 0. The third-order valence-corrected chi connectivity index (χ3v) is 11.1. The molecule has 0 aromatic carbocycles. The highest BCUT2D eigenvalue weighted by Gasteiger charge is 2.05. The normalized spacial score (nSPS) is 15.4. The average Bonchev–Trinajstić information content (AvgIpc) is 3.28. The molecular formula is C52H94O14. The van der Waals surface area contributed by atoms with Crippen LogP contribution in [0.2, 0.25) is 0 Å². The lowest BCUT2D eigenvalue weighted by molar-refractivity contribution is -0.144. The Morgan fingerprint density at radius 3 is 0.909 bits per heavy atom. The lowest BCUT2D eigenvalue weighted by Gasteiger charge is -2.05. The molecule has 2 rings (SSSR count). The molecule has 2 aliphatic rings. The summed E-state index contributed by atoms with van der Waals surface area (Å²) in [5.74, 6) is -4.12. The summed E-state index contributed by atoms with van der Waals surface area (Å²) in [5, 5.41) is 49.4. The number of ether oxygens (including phenoxy) is 1. The van der Waals surface area contributed by atoms with Crippen LogP contribution in [0.4, 0.5) is 0 Å². The third kappa shape index (κ3) is 69.2. The number of carbonyl (C=O) groups is 7. The van der Waals surface area contributed by atoms with Gasteiger partial charge in [-0.05, 0) is 51.4 Å². The molecule has 0 atom stereocenters. The van der Waals surface area contributed by atoms with Crippen LogP contribution in [-0.2, 0) is 38.3 Å². The summed E-state index contributed by atoms with van der Waals surface area (Å²) in [4.78, 5) is 72.2. The Kier molecular flexibility index (Phi) is 55.9. The van der Waals surface area contributed by atoms with Crippen LogP contribution >= 0.6 is 0 Å². The van der Waals surface area contributed by atoms with Gasteiger partial charge in [0, 0.05) is 57.3 Å². The molecule has 0 aromatic rings. The zero-order chi connectivity index (χ0) is 49.6. The Morgan fingerprint density at radius 2 is 0.621 bits per heavy atom. The number of Topliss-reactive ketones (excluding diaryl/α,β-unsaturated/α-hetero) is 1. The fourth-order valence-corrected chi connectivity index (χ4v) is 7.25. The molecule has 0 unspecified atom stereocenters. The van der Waals surface area contributed by atoms with Gasteiger partial charge in [-0.2, -0.15) is 0 Å². The van der Waals surface area contributed by atoms with Crippen molar-refractivity contribution >= 4 is 41.6 Å². The number of unbranched alkanes of at least 4 members (excludes halogenated alkanes) is 15. The van der Waals surface area contributed by atoms with E-state index in [1.807, 2.05) is 0 Å². The van der Waals surface area contributed by atoms with Crippen LogP contribution in [0.1, 0.15) is 263 Å². The van der Waals surface area contributed by atoms with E-state index in [2.05, 4.69) is 0 Å². The predicted molar refractivity (Wildman–Crippen MR) is 260 cm³/mol. The van der Waals surface area contributed by atoms with E-state index in [-0.39, 0.29) is 18.8 Å². The minimum absolute atomic E-state index is 0.00393. The average molecular weight is 943 g/mol. The number of aliphatic hydroxyl groups is 1. The van der Waals surface area contributed by atoms with Gasteiger partial charge in [-0.1, -0.05) is 173 Å². The number of cyclic esters (lactones) is 1. The number of aliphatic carboxylic acids is 5. The van der Waals surface area contributed by atoms with Crippen LogP contribution in [0.3, 0.4) is 0 Å². The van der Waals surface area contributed by atoms with Crippen molar-refractivity contribution < 1.29 is 68.9 Å². The quantitative estimate of drug-likeness (QED) is 0.0299. The third-order valence-electron chi connectivity index (χ3n) is 11.1. The van der Waals surface area contributed by atoms with Crippen LogP contribution in [0.5, 0.6) is 0 Å². The van der Waals surface area contributed by atoms with Crippen LogP contribution in [-0.4, -0.2) is 85.5 Å². The van der Waals surface area contributed by atoms with Crippen molar-refractivity contribution in [3.63, 3.8) is 0 Å². The Morgan fingerprint density at radius 1 is 0.364 bits per heavy atom. The van der Waals surface area contributed by atoms with Crippen molar-refractivity contribution in [1.82, 2.24) is 0 Å². The van der Waals surface area contributed by atoms with Crippen LogP contribution in [0.15, 0.2) is 12.2 Å². The standard InChI is InChI=1S/C12H22O4.C12H24O3.C12H22O2.C12H22O.C4H4O4/c13-11(14)9-7-5-3-1-2-4-6-8-10-12(15)16;13-11-9-7-5-3-1-2-4-6-8-10-12(14)15;13-12-10-8-6-4-2-1-3-5-7-9-11-14-12;13-12-10-8-6-4-2-1-3-5-7-9-11-12;5-3(6)1-2-4(7)8/h1-10H2,(H,13,14)(H,15,16);13H,1-11H2,(H,14,15);1-11H2;1-11H2;1-2H,(H,5,6)(H,7,8)/b;;;;2-1-. The van der Waals surface area contributed by atoms with Gasteiger partial charge in [0.25, 0.3) is 0 Å². The second-order valence-corrected chi connectivity index (χ2v) is 17.5. The molecule has 14 heteroatoms. The van der Waals surface area contributed by atoms with Gasteiger partial charge in [0.1, 0.15) is 5.78 Å². The number of rotatable bonds is 24. The number of hydrogen-bond donors (Lipinski definition) is 6. The van der Waals surface area contributed by atoms with Crippen LogP contribution in [0.25, 0.3) is 0 Å². The molecule has 0 amide bonds. The summed E-state index contributed by atoms with van der Waals surface area (Å²) in [5.41, 5.74) is 0. The number of hydrogen-bond acceptors (Lipinski definition) is 9. The van der Waals surface area contributed by atoms with Crippen molar-refractivity contribution in [3.05, 3.63) is 12.2 Å². The number of ketones is 1. The Bertz CT molecular complexity index is 1130. The monoisotopic (exact) mass is 943 g/mol. The largest absolute Gasteiger partial charge is 0.481 e. The van der Waals surface area contributed by atoms with Gasteiger partial charge in [0.15, 0.2) is 0 Å². The molecule has 0 radical (unpaired) electrons. The minimum Gasteiger partial charge on any atom is -0.481 e. The van der Waals surface area contributed by atoms with Gasteiger partial charge in [-0.3, -0.25) is 24.0 Å². The highest BCUT2D eigenvalue weighted by molar-refractivity contribution is 5.89. The van der Waals surface area contributed by atoms with E-state index in [1.165, 1.54) is 116 Å². The topological polar surface area (TPSA) is 250 Å². The highest BCUT2D eigenvalue weighted by Crippen LogP contribution is 2.16. The first kappa shape index (κ1) is 66.5. The molecule has 386 valence electrons. The summed E-state index contributed by atoms with van der Waals surface area (Å²) in [7, 11) is 0. The van der Waals surface area contributed by atoms with Crippen LogP contribution in [0, 0.1) is 0 Å². The maximum atomic E-state index is 11.3. The predicted octanol–water partition coefficient (Wildman–Crippen LogP) is 13.0. The summed E-state index contributed by atoms with van der Waals surface area (Å²) < 4.78 is 5.12. The van der Waals surface area contributed by atoms with Gasteiger partial charge in [-0.15, -0.1) is 0 Å². The van der Waals surface area contributed by atoms with Crippen molar-refractivity contribution in [3.8, 4) is 0 Å². The lowest BCUT2D eigenvalue weighted by Crippen LogP contribution is -2.05. The summed E-state index contributed by atoms with van der Waals surface area (Å²) in [6.45, 7) is 0.952. The first-order valence-electron chi connectivity index (χ1n) is 25.9. The molecule has 1 saturated carbocycles. The molecule has 6 N–H and O–H groups in total.